The molecule has 8 heteroatoms. The Morgan fingerprint density at radius 1 is 1.33 bits per heavy atom. The highest BCUT2D eigenvalue weighted by Gasteiger charge is 2.35. The third-order valence-electron chi connectivity index (χ3n) is 3.92. The number of morpholine rings is 1. The van der Waals surface area contributed by atoms with Crippen molar-refractivity contribution in [2.24, 2.45) is 0 Å². The first kappa shape index (κ1) is 19.0. The minimum atomic E-state index is -4.60. The maximum atomic E-state index is 13.1. The van der Waals surface area contributed by atoms with Crippen molar-refractivity contribution in [3.05, 3.63) is 28.8 Å². The molecule has 24 heavy (non-hydrogen) atoms. The first-order chi connectivity index (χ1) is 11.1. The molecule has 1 saturated heterocycles. The average Bonchev–Trinajstić information content (AvgIpc) is 2.46. The van der Waals surface area contributed by atoms with Crippen LogP contribution < -0.4 is 5.32 Å². The summed E-state index contributed by atoms with van der Waals surface area (Å²) >= 11 is 5.64. The van der Waals surface area contributed by atoms with Gasteiger partial charge in [0, 0.05) is 18.1 Å². The van der Waals surface area contributed by atoms with Crippen molar-refractivity contribution in [2.45, 2.75) is 45.2 Å². The highest BCUT2D eigenvalue weighted by molar-refractivity contribution is 6.30. The zero-order chi connectivity index (χ0) is 18.1. The molecule has 2 rings (SSSR count). The standard InChI is InChI=1S/C16H20ClF3N2O2/c1-9-7-22(8-10(2)24-9)11(3)15(23)21-14-5-4-12(17)6-13(14)16(18,19)20/h4-6,9-11H,7-8H2,1-3H3,(H,21,23). The molecule has 1 heterocycles. The monoisotopic (exact) mass is 364 g/mol. The summed E-state index contributed by atoms with van der Waals surface area (Å²) in [5, 5.41) is 2.33. The van der Waals surface area contributed by atoms with Crippen molar-refractivity contribution >= 4 is 23.2 Å². The summed E-state index contributed by atoms with van der Waals surface area (Å²) in [6.07, 6.45) is -4.67. The van der Waals surface area contributed by atoms with Crippen molar-refractivity contribution in [3.8, 4) is 0 Å². The Bertz CT molecular complexity index is 599. The van der Waals surface area contributed by atoms with E-state index < -0.39 is 23.7 Å². The Kier molecular flexibility index (Phi) is 5.78. The molecule has 1 amide bonds. The lowest BCUT2D eigenvalue weighted by atomic mass is 10.1. The number of benzene rings is 1. The van der Waals surface area contributed by atoms with E-state index in [-0.39, 0.29) is 22.9 Å². The Labute approximate surface area is 143 Å². The predicted octanol–water partition coefficient (Wildman–Crippen LogP) is 3.80. The lowest BCUT2D eigenvalue weighted by Gasteiger charge is -2.38. The molecule has 4 nitrogen and oxygen atoms in total. The minimum absolute atomic E-state index is 0.0368. The van der Waals surface area contributed by atoms with Gasteiger partial charge in [0.1, 0.15) is 0 Å². The van der Waals surface area contributed by atoms with Gasteiger partial charge in [-0.25, -0.2) is 0 Å². The second-order valence-corrected chi connectivity index (χ2v) is 6.50. The Hall–Kier alpha value is -1.31. The lowest BCUT2D eigenvalue weighted by Crippen LogP contribution is -2.52. The highest BCUT2D eigenvalue weighted by Crippen LogP contribution is 2.36. The van der Waals surface area contributed by atoms with Gasteiger partial charge < -0.3 is 10.1 Å². The summed E-state index contributed by atoms with van der Waals surface area (Å²) in [7, 11) is 0. The average molecular weight is 365 g/mol. The number of hydrogen-bond acceptors (Lipinski definition) is 3. The minimum Gasteiger partial charge on any atom is -0.373 e. The second kappa shape index (κ2) is 7.29. The number of nitrogens with one attached hydrogen (secondary N) is 1. The van der Waals surface area contributed by atoms with Gasteiger partial charge in [-0.05, 0) is 39.0 Å². The zero-order valence-electron chi connectivity index (χ0n) is 13.7. The van der Waals surface area contributed by atoms with Crippen LogP contribution in [0.25, 0.3) is 0 Å². The molecule has 1 N–H and O–H groups in total. The second-order valence-electron chi connectivity index (χ2n) is 6.06. The van der Waals surface area contributed by atoms with E-state index >= 15 is 0 Å². The number of amides is 1. The van der Waals surface area contributed by atoms with Crippen LogP contribution in [0.5, 0.6) is 0 Å². The molecule has 0 aliphatic carbocycles. The van der Waals surface area contributed by atoms with Gasteiger partial charge in [-0.15, -0.1) is 0 Å². The molecule has 1 aromatic carbocycles. The zero-order valence-corrected chi connectivity index (χ0v) is 14.4. The number of ether oxygens (including phenoxy) is 1. The van der Waals surface area contributed by atoms with Crippen LogP contribution in [0.15, 0.2) is 18.2 Å². The summed E-state index contributed by atoms with van der Waals surface area (Å²) in [5.41, 5.74) is -1.25. The lowest BCUT2D eigenvalue weighted by molar-refractivity contribution is -0.137. The van der Waals surface area contributed by atoms with Crippen LogP contribution in [0.2, 0.25) is 5.02 Å². The van der Waals surface area contributed by atoms with Crippen LogP contribution in [-0.4, -0.2) is 42.1 Å². The van der Waals surface area contributed by atoms with Gasteiger partial charge in [0.05, 0.1) is 29.5 Å². The van der Waals surface area contributed by atoms with Gasteiger partial charge in [0.25, 0.3) is 0 Å². The predicted molar refractivity (Wildman–Crippen MR) is 86.1 cm³/mol. The van der Waals surface area contributed by atoms with E-state index in [0.29, 0.717) is 13.1 Å². The molecular formula is C16H20ClF3N2O2. The smallest absolute Gasteiger partial charge is 0.373 e. The maximum absolute atomic E-state index is 13.1. The molecule has 0 radical (unpaired) electrons. The number of alkyl halides is 3. The van der Waals surface area contributed by atoms with Gasteiger partial charge >= 0.3 is 6.18 Å². The largest absolute Gasteiger partial charge is 0.418 e. The third kappa shape index (κ3) is 4.62. The van der Waals surface area contributed by atoms with Gasteiger partial charge in [-0.1, -0.05) is 11.6 Å². The van der Waals surface area contributed by atoms with E-state index in [9.17, 15) is 18.0 Å². The molecule has 1 aliphatic rings. The fourth-order valence-electron chi connectivity index (χ4n) is 2.80. The van der Waals surface area contributed by atoms with Crippen molar-refractivity contribution in [3.63, 3.8) is 0 Å². The topological polar surface area (TPSA) is 41.6 Å². The van der Waals surface area contributed by atoms with Gasteiger partial charge in [0.15, 0.2) is 0 Å². The Morgan fingerprint density at radius 2 is 1.92 bits per heavy atom. The summed E-state index contributed by atoms with van der Waals surface area (Å²) in [5.74, 6) is -0.496. The molecule has 0 spiro atoms. The number of rotatable bonds is 3. The molecule has 3 unspecified atom stereocenters. The van der Waals surface area contributed by atoms with Crippen LogP contribution in [0.3, 0.4) is 0 Å². The quantitative estimate of drug-likeness (QED) is 0.887. The molecule has 134 valence electrons. The van der Waals surface area contributed by atoms with Crippen LogP contribution >= 0.6 is 11.6 Å². The van der Waals surface area contributed by atoms with Crippen LogP contribution in [-0.2, 0) is 15.7 Å². The summed E-state index contributed by atoms with van der Waals surface area (Å²) in [6.45, 7) is 6.56. The molecule has 0 aromatic heterocycles. The molecular weight excluding hydrogens is 345 g/mol. The molecule has 1 fully saturated rings. The number of anilines is 1. The van der Waals surface area contributed by atoms with Gasteiger partial charge in [-0.2, -0.15) is 13.2 Å². The number of nitrogens with zero attached hydrogens (tertiary/aromatic N) is 1. The number of carbonyl (C=O) groups excluding carboxylic acids is 1. The fourth-order valence-corrected chi connectivity index (χ4v) is 2.97. The van der Waals surface area contributed by atoms with Crippen molar-refractivity contribution < 1.29 is 22.7 Å². The highest BCUT2D eigenvalue weighted by atomic mass is 35.5. The molecule has 1 aromatic rings. The Morgan fingerprint density at radius 3 is 2.46 bits per heavy atom. The van der Waals surface area contributed by atoms with E-state index in [2.05, 4.69) is 5.32 Å². The number of hydrogen-bond donors (Lipinski definition) is 1. The van der Waals surface area contributed by atoms with E-state index in [1.807, 2.05) is 18.7 Å². The van der Waals surface area contributed by atoms with E-state index in [1.54, 1.807) is 6.92 Å². The van der Waals surface area contributed by atoms with Crippen LogP contribution in [0.1, 0.15) is 26.3 Å². The fraction of sp³-hybridized carbons (Fsp3) is 0.562. The van der Waals surface area contributed by atoms with Crippen LogP contribution in [0, 0.1) is 0 Å². The van der Waals surface area contributed by atoms with Crippen molar-refractivity contribution in [2.75, 3.05) is 18.4 Å². The number of carbonyl (C=O) groups is 1. The maximum Gasteiger partial charge on any atom is 0.418 e. The van der Waals surface area contributed by atoms with Gasteiger partial charge in [0.2, 0.25) is 5.91 Å². The first-order valence-electron chi connectivity index (χ1n) is 7.65. The molecule has 0 saturated carbocycles. The Balaban J connectivity index is 2.15. The SMILES string of the molecule is CC1CN(C(C)C(=O)Nc2ccc(Cl)cc2C(F)(F)F)CC(C)O1. The van der Waals surface area contributed by atoms with E-state index in [4.69, 9.17) is 16.3 Å². The number of halogens is 4. The normalized spacial score (nSPS) is 23.8. The van der Waals surface area contributed by atoms with Crippen molar-refractivity contribution in [1.29, 1.82) is 0 Å². The summed E-state index contributed by atoms with van der Waals surface area (Å²) < 4.78 is 44.9. The third-order valence-corrected chi connectivity index (χ3v) is 4.15. The molecule has 0 bridgehead atoms. The van der Waals surface area contributed by atoms with E-state index in [1.165, 1.54) is 12.1 Å². The van der Waals surface area contributed by atoms with Gasteiger partial charge in [-0.3, -0.25) is 9.69 Å². The summed E-state index contributed by atoms with van der Waals surface area (Å²) in [6, 6.07) is 2.72. The van der Waals surface area contributed by atoms with Crippen LogP contribution in [0.4, 0.5) is 18.9 Å². The van der Waals surface area contributed by atoms with E-state index in [0.717, 1.165) is 6.07 Å². The molecule has 3 atom stereocenters. The van der Waals surface area contributed by atoms with Crippen molar-refractivity contribution in [1.82, 2.24) is 4.90 Å². The summed E-state index contributed by atoms with van der Waals surface area (Å²) in [4.78, 5) is 14.3. The first-order valence-corrected chi connectivity index (χ1v) is 8.03. The molecule has 1 aliphatic heterocycles.